The number of likely N-dealkylation sites (tertiary alicyclic amines) is 1. The summed E-state index contributed by atoms with van der Waals surface area (Å²) in [7, 11) is 4.08. The highest BCUT2D eigenvalue weighted by molar-refractivity contribution is 5.94. The average Bonchev–Trinajstić information content (AvgIpc) is 3.16. The van der Waals surface area contributed by atoms with Gasteiger partial charge in [0.25, 0.3) is 5.91 Å². The molecule has 4 aliphatic rings. The molecule has 5 heteroatoms. The zero-order valence-electron chi connectivity index (χ0n) is 20.4. The summed E-state index contributed by atoms with van der Waals surface area (Å²) in [4.78, 5) is 17.5. The second-order valence-corrected chi connectivity index (χ2v) is 10.7. The molecule has 2 heterocycles. The molecule has 5 nitrogen and oxygen atoms in total. The van der Waals surface area contributed by atoms with Crippen molar-refractivity contribution in [1.29, 1.82) is 0 Å². The van der Waals surface area contributed by atoms with E-state index in [-0.39, 0.29) is 23.5 Å². The molecule has 2 bridgehead atoms. The van der Waals surface area contributed by atoms with Crippen LogP contribution in [0.3, 0.4) is 0 Å². The smallest absolute Gasteiger partial charge is 0.298 e. The molecule has 2 aliphatic heterocycles. The Labute approximate surface area is 201 Å². The van der Waals surface area contributed by atoms with Gasteiger partial charge in [-0.3, -0.25) is 4.79 Å². The number of aryl methyl sites for hydroxylation is 2. The van der Waals surface area contributed by atoms with E-state index in [0.717, 1.165) is 49.1 Å². The van der Waals surface area contributed by atoms with Gasteiger partial charge in [-0.2, -0.15) is 0 Å². The molecule has 6 rings (SSSR count). The maximum atomic E-state index is 13.2. The highest BCUT2D eigenvalue weighted by Gasteiger charge is 2.66. The van der Waals surface area contributed by atoms with E-state index in [1.807, 2.05) is 36.2 Å². The van der Waals surface area contributed by atoms with Crippen LogP contribution >= 0.6 is 0 Å². The first kappa shape index (κ1) is 21.6. The summed E-state index contributed by atoms with van der Waals surface area (Å²) >= 11 is 0. The van der Waals surface area contributed by atoms with Crippen molar-refractivity contribution in [2.24, 2.45) is 5.92 Å². The molecular weight excluding hydrogens is 424 g/mol. The zero-order chi connectivity index (χ0) is 23.8. The number of likely N-dealkylation sites (N-methyl/N-ethyl adjacent to an activating group) is 2. The van der Waals surface area contributed by atoms with E-state index in [0.29, 0.717) is 17.7 Å². The van der Waals surface area contributed by atoms with Gasteiger partial charge in [-0.25, -0.2) is 0 Å². The SMILES string of the molecule is Cc1ccc(C#CC(=O)N(C)[C@H]2CC[C@H]3[C@H]4Cc5c(O)ccc6c5[C@@]3(CCN4C)[C@H]2O6)cc1C. The Morgan fingerprint density at radius 1 is 1.21 bits per heavy atom. The summed E-state index contributed by atoms with van der Waals surface area (Å²) in [5, 5.41) is 10.7. The number of amides is 1. The number of carbonyl (C=O) groups is 1. The van der Waals surface area contributed by atoms with Crippen LogP contribution in [0.5, 0.6) is 11.5 Å². The molecule has 1 N–H and O–H groups in total. The fourth-order valence-electron chi connectivity index (χ4n) is 7.30. The van der Waals surface area contributed by atoms with Crippen molar-refractivity contribution in [3.8, 4) is 23.3 Å². The molecule has 2 aromatic rings. The summed E-state index contributed by atoms with van der Waals surface area (Å²) in [5.74, 6) is 7.55. The summed E-state index contributed by atoms with van der Waals surface area (Å²) in [6, 6.07) is 10.1. The van der Waals surface area contributed by atoms with E-state index in [9.17, 15) is 9.90 Å². The number of hydrogen-bond donors (Lipinski definition) is 1. The standard InChI is InChI=1S/C29H32N2O3/c1-17-5-6-19(15-18(17)2)7-12-26(33)31(4)22-9-8-21-23-16-20-24(32)10-11-25-27(20)29(21,28(22)34-25)13-14-30(23)3/h5-6,10-11,15,21-23,28,32H,8-9,13-14,16H2,1-4H3/t21-,22-,23+,28-,29-/m0/s1. The Kier molecular flexibility index (Phi) is 4.76. The number of carbonyl (C=O) groups excluding carboxylic acids is 1. The van der Waals surface area contributed by atoms with Crippen LogP contribution in [0.4, 0.5) is 0 Å². The summed E-state index contributed by atoms with van der Waals surface area (Å²) in [6.07, 6.45) is 3.72. The number of phenols is 1. The van der Waals surface area contributed by atoms with Gasteiger partial charge >= 0.3 is 0 Å². The number of hydrogen-bond acceptors (Lipinski definition) is 4. The molecule has 0 aromatic heterocycles. The molecule has 2 aromatic carbocycles. The van der Waals surface area contributed by atoms with Crippen molar-refractivity contribution in [2.45, 2.75) is 63.1 Å². The topological polar surface area (TPSA) is 53.0 Å². The molecule has 34 heavy (non-hydrogen) atoms. The molecule has 1 amide bonds. The molecule has 1 saturated heterocycles. The van der Waals surface area contributed by atoms with Crippen LogP contribution in [0.1, 0.15) is 47.1 Å². The van der Waals surface area contributed by atoms with E-state index in [1.54, 1.807) is 6.07 Å². The minimum absolute atomic E-state index is 0.0395. The number of nitrogens with zero attached hydrogens (tertiary/aromatic N) is 2. The number of aromatic hydroxyl groups is 1. The van der Waals surface area contributed by atoms with E-state index in [1.165, 1.54) is 16.7 Å². The lowest BCUT2D eigenvalue weighted by atomic mass is 9.51. The predicted octanol–water partition coefficient (Wildman–Crippen LogP) is 3.56. The minimum Gasteiger partial charge on any atom is -0.508 e. The van der Waals surface area contributed by atoms with E-state index < -0.39 is 0 Å². The van der Waals surface area contributed by atoms with Crippen molar-refractivity contribution in [1.82, 2.24) is 9.80 Å². The molecular formula is C29H32N2O3. The molecule has 0 radical (unpaired) electrons. The van der Waals surface area contributed by atoms with E-state index >= 15 is 0 Å². The number of ether oxygens (including phenoxy) is 1. The normalized spacial score (nSPS) is 30.6. The number of phenolic OH excluding ortho intramolecular Hbond substituents is 1. The third kappa shape index (κ3) is 2.88. The minimum atomic E-state index is -0.166. The largest absolute Gasteiger partial charge is 0.508 e. The fraction of sp³-hybridized carbons (Fsp3) is 0.483. The first-order chi connectivity index (χ1) is 16.3. The molecule has 2 aliphatic carbocycles. The van der Waals surface area contributed by atoms with Crippen LogP contribution in [-0.2, 0) is 16.6 Å². The van der Waals surface area contributed by atoms with Gasteiger partial charge in [0.15, 0.2) is 0 Å². The van der Waals surface area contributed by atoms with Gasteiger partial charge in [0.2, 0.25) is 0 Å². The van der Waals surface area contributed by atoms with Crippen molar-refractivity contribution in [3.05, 3.63) is 58.1 Å². The van der Waals surface area contributed by atoms with Crippen molar-refractivity contribution in [3.63, 3.8) is 0 Å². The van der Waals surface area contributed by atoms with Crippen LogP contribution in [0.15, 0.2) is 30.3 Å². The zero-order valence-corrected chi connectivity index (χ0v) is 20.4. The highest BCUT2D eigenvalue weighted by Crippen LogP contribution is 2.63. The predicted molar refractivity (Wildman–Crippen MR) is 131 cm³/mol. The van der Waals surface area contributed by atoms with Crippen LogP contribution in [-0.4, -0.2) is 59.6 Å². The highest BCUT2D eigenvalue weighted by atomic mass is 16.5. The number of rotatable bonds is 1. The molecule has 0 unspecified atom stereocenters. The maximum Gasteiger partial charge on any atom is 0.298 e. The van der Waals surface area contributed by atoms with Crippen molar-refractivity contribution < 1.29 is 14.6 Å². The Balaban J connectivity index is 1.34. The molecule has 5 atom stereocenters. The quantitative estimate of drug-likeness (QED) is 0.667. The number of piperidine rings is 1. The Morgan fingerprint density at radius 2 is 2.03 bits per heavy atom. The summed E-state index contributed by atoms with van der Waals surface area (Å²) in [5.41, 5.74) is 5.39. The fourth-order valence-corrected chi connectivity index (χ4v) is 7.30. The lowest BCUT2D eigenvalue weighted by molar-refractivity contribution is -0.133. The number of benzene rings is 2. The van der Waals surface area contributed by atoms with E-state index in [2.05, 4.69) is 37.6 Å². The third-order valence-corrected chi connectivity index (χ3v) is 9.22. The third-order valence-electron chi connectivity index (χ3n) is 9.22. The van der Waals surface area contributed by atoms with Gasteiger partial charge < -0.3 is 19.6 Å². The van der Waals surface area contributed by atoms with Gasteiger partial charge in [-0.05, 0) is 94.4 Å². The lowest BCUT2D eigenvalue weighted by Crippen LogP contribution is -2.68. The monoisotopic (exact) mass is 456 g/mol. The first-order valence-electron chi connectivity index (χ1n) is 12.4. The van der Waals surface area contributed by atoms with Crippen LogP contribution in [0.2, 0.25) is 0 Å². The van der Waals surface area contributed by atoms with Gasteiger partial charge in [0.1, 0.15) is 17.6 Å². The molecule has 2 fully saturated rings. The second-order valence-electron chi connectivity index (χ2n) is 10.7. The van der Waals surface area contributed by atoms with Gasteiger partial charge in [-0.15, -0.1) is 0 Å². The molecule has 1 spiro atoms. The first-order valence-corrected chi connectivity index (χ1v) is 12.4. The average molecular weight is 457 g/mol. The van der Waals surface area contributed by atoms with Gasteiger partial charge in [0.05, 0.1) is 6.04 Å². The van der Waals surface area contributed by atoms with Gasteiger partial charge in [-0.1, -0.05) is 12.0 Å². The lowest BCUT2D eigenvalue weighted by Gasteiger charge is -2.59. The molecule has 1 saturated carbocycles. The van der Waals surface area contributed by atoms with E-state index in [4.69, 9.17) is 4.74 Å². The van der Waals surface area contributed by atoms with Crippen LogP contribution in [0.25, 0.3) is 0 Å². The van der Waals surface area contributed by atoms with Gasteiger partial charge in [0, 0.05) is 41.1 Å². The summed E-state index contributed by atoms with van der Waals surface area (Å²) < 4.78 is 6.67. The van der Waals surface area contributed by atoms with Crippen molar-refractivity contribution in [2.75, 3.05) is 20.6 Å². The Hall–Kier alpha value is -2.97. The van der Waals surface area contributed by atoms with Crippen LogP contribution < -0.4 is 4.74 Å². The van der Waals surface area contributed by atoms with Crippen LogP contribution in [0, 0.1) is 31.6 Å². The maximum absolute atomic E-state index is 13.2. The second kappa shape index (κ2) is 7.52. The molecule has 176 valence electrons. The van der Waals surface area contributed by atoms with Crippen molar-refractivity contribution >= 4 is 5.91 Å². The Bertz CT molecular complexity index is 1260. The Morgan fingerprint density at radius 3 is 2.82 bits per heavy atom. The summed E-state index contributed by atoms with van der Waals surface area (Å²) in [6.45, 7) is 5.14.